The molecule has 12 nitrogen and oxygen atoms in total. The normalized spacial score (nSPS) is 14.2. The van der Waals surface area contributed by atoms with E-state index in [0.717, 1.165) is 0 Å². The number of fused-ring (bicyclic) bond motifs is 2. The second-order valence-corrected chi connectivity index (χ2v) is 10.1. The highest BCUT2D eigenvalue weighted by Gasteiger charge is 2.29. The molecule has 0 atom stereocenters. The highest BCUT2D eigenvalue weighted by Crippen LogP contribution is 2.28. The molecule has 0 saturated carbocycles. The number of piperidine rings is 1. The van der Waals surface area contributed by atoms with Crippen LogP contribution in [0.2, 0.25) is 0 Å². The first-order valence-corrected chi connectivity index (χ1v) is 13.4. The van der Waals surface area contributed by atoms with Crippen molar-refractivity contribution < 1.29 is 14.7 Å². The van der Waals surface area contributed by atoms with Crippen LogP contribution >= 0.6 is 0 Å². The van der Waals surface area contributed by atoms with Crippen molar-refractivity contribution in [3.8, 4) is 5.75 Å². The van der Waals surface area contributed by atoms with E-state index in [1.165, 1.54) is 34.3 Å². The van der Waals surface area contributed by atoms with Crippen molar-refractivity contribution in [1.29, 1.82) is 0 Å². The number of benzene rings is 2. The van der Waals surface area contributed by atoms with E-state index >= 15 is 0 Å². The van der Waals surface area contributed by atoms with Gasteiger partial charge in [0.05, 0.1) is 33.2 Å². The fourth-order valence-electron chi connectivity index (χ4n) is 5.73. The van der Waals surface area contributed by atoms with Crippen molar-refractivity contribution >= 4 is 39.4 Å². The Kier molecular flexibility index (Phi) is 6.86. The fourth-order valence-corrected chi connectivity index (χ4v) is 5.73. The molecule has 2 amide bonds. The van der Waals surface area contributed by atoms with Crippen LogP contribution in [0, 0.1) is 0 Å². The Morgan fingerprint density at radius 2 is 1.55 bits per heavy atom. The van der Waals surface area contributed by atoms with Crippen molar-refractivity contribution in [3.05, 3.63) is 67.2 Å². The van der Waals surface area contributed by atoms with E-state index in [1.54, 1.807) is 33.2 Å². The first kappa shape index (κ1) is 27.0. The van der Waals surface area contributed by atoms with Gasteiger partial charge in [0.25, 0.3) is 11.5 Å². The van der Waals surface area contributed by atoms with Crippen molar-refractivity contribution in [1.82, 2.24) is 23.2 Å². The van der Waals surface area contributed by atoms with E-state index in [9.17, 15) is 29.1 Å². The van der Waals surface area contributed by atoms with Gasteiger partial charge in [-0.25, -0.2) is 9.59 Å². The molecule has 4 aromatic rings. The summed E-state index contributed by atoms with van der Waals surface area (Å²) in [6, 6.07) is 7.22. The maximum atomic E-state index is 13.8. The first-order valence-electron chi connectivity index (χ1n) is 13.4. The highest BCUT2D eigenvalue weighted by atomic mass is 16.3. The van der Waals surface area contributed by atoms with Gasteiger partial charge < -0.3 is 15.3 Å². The zero-order valence-electron chi connectivity index (χ0n) is 22.9. The predicted molar refractivity (Wildman–Crippen MR) is 151 cm³/mol. The van der Waals surface area contributed by atoms with Crippen molar-refractivity contribution in [2.24, 2.45) is 7.05 Å². The van der Waals surface area contributed by atoms with E-state index in [0.29, 0.717) is 48.2 Å². The summed E-state index contributed by atoms with van der Waals surface area (Å²) in [5.74, 6) is -0.720. The Hall–Kier alpha value is -4.61. The standard InChI is InChI=1S/C28H32N6O6/c1-5-32-23-14-19(21(29-16(3)35)15-24(23)33(6-2)28(32)40)25(37)31-11-9-17(10-12-31)34-26(38)20-13-18(36)7-8-22(20)30(4)27(34)39/h7-8,13-15,17,36H,5-6,9-12H2,1-4H3,(H,29,35). The van der Waals surface area contributed by atoms with E-state index in [-0.39, 0.29) is 47.3 Å². The lowest BCUT2D eigenvalue weighted by molar-refractivity contribution is -0.114. The number of nitrogens with zero attached hydrogens (tertiary/aromatic N) is 5. The number of anilines is 1. The van der Waals surface area contributed by atoms with Gasteiger partial charge in [0.15, 0.2) is 0 Å². The molecule has 210 valence electrons. The van der Waals surface area contributed by atoms with Gasteiger partial charge in [-0.2, -0.15) is 0 Å². The predicted octanol–water partition coefficient (Wildman–Crippen LogP) is 2.00. The number of likely N-dealkylation sites (tertiary alicyclic amines) is 1. The number of hydrogen-bond donors (Lipinski definition) is 2. The molecule has 0 unspecified atom stereocenters. The summed E-state index contributed by atoms with van der Waals surface area (Å²) >= 11 is 0. The van der Waals surface area contributed by atoms with Crippen LogP contribution in [0.5, 0.6) is 5.75 Å². The van der Waals surface area contributed by atoms with Gasteiger partial charge in [0.2, 0.25) is 5.91 Å². The summed E-state index contributed by atoms with van der Waals surface area (Å²) < 4.78 is 5.80. The van der Waals surface area contributed by atoms with E-state index in [1.807, 2.05) is 13.8 Å². The van der Waals surface area contributed by atoms with Gasteiger partial charge >= 0.3 is 11.4 Å². The Labute approximate surface area is 228 Å². The number of hydrogen-bond acceptors (Lipinski definition) is 6. The average Bonchev–Trinajstić information content (AvgIpc) is 3.20. The lowest BCUT2D eigenvalue weighted by atomic mass is 10.0. The van der Waals surface area contributed by atoms with Crippen LogP contribution in [0.4, 0.5) is 5.69 Å². The van der Waals surface area contributed by atoms with E-state index in [4.69, 9.17) is 0 Å². The van der Waals surface area contributed by atoms with Crippen LogP contribution in [-0.4, -0.2) is 53.2 Å². The third-order valence-corrected chi connectivity index (χ3v) is 7.73. The average molecular weight is 549 g/mol. The number of aromatic hydroxyl groups is 1. The van der Waals surface area contributed by atoms with Crippen LogP contribution in [-0.2, 0) is 24.9 Å². The number of rotatable bonds is 5. The number of phenolic OH excluding ortho intramolecular Hbond substituents is 1. The van der Waals surface area contributed by atoms with Gasteiger partial charge in [-0.05, 0) is 57.0 Å². The number of amides is 2. The molecular weight excluding hydrogens is 516 g/mol. The minimum absolute atomic E-state index is 0.0649. The largest absolute Gasteiger partial charge is 0.508 e. The van der Waals surface area contributed by atoms with Crippen LogP contribution < -0.4 is 22.3 Å². The fraction of sp³-hybridized carbons (Fsp3) is 0.393. The molecule has 2 aromatic carbocycles. The molecule has 40 heavy (non-hydrogen) atoms. The molecule has 0 spiro atoms. The SMILES string of the molecule is CCn1c(=O)n(CC)c2cc(C(=O)N3CCC(n4c(=O)c5cc(O)ccc5n(C)c4=O)CC3)c(NC(C)=O)cc21. The summed E-state index contributed by atoms with van der Waals surface area (Å²) in [5, 5.41) is 12.9. The number of carbonyl (C=O) groups is 2. The van der Waals surface area contributed by atoms with Crippen molar-refractivity contribution in [2.75, 3.05) is 18.4 Å². The van der Waals surface area contributed by atoms with Gasteiger partial charge in [-0.3, -0.25) is 32.7 Å². The monoisotopic (exact) mass is 548 g/mol. The number of aryl methyl sites for hydroxylation is 3. The van der Waals surface area contributed by atoms with Crippen molar-refractivity contribution in [3.63, 3.8) is 0 Å². The number of aromatic nitrogens is 4. The highest BCUT2D eigenvalue weighted by molar-refractivity contribution is 6.06. The lowest BCUT2D eigenvalue weighted by Gasteiger charge is -2.33. The van der Waals surface area contributed by atoms with Crippen molar-refractivity contribution in [2.45, 2.75) is 52.7 Å². The third-order valence-electron chi connectivity index (χ3n) is 7.73. The van der Waals surface area contributed by atoms with Crippen LogP contribution in [0.25, 0.3) is 21.9 Å². The van der Waals surface area contributed by atoms with Gasteiger partial charge in [-0.1, -0.05) is 0 Å². The summed E-state index contributed by atoms with van der Waals surface area (Å²) in [5.41, 5.74) is 1.14. The summed E-state index contributed by atoms with van der Waals surface area (Å²) in [7, 11) is 1.58. The first-order chi connectivity index (χ1) is 19.1. The molecule has 1 aliphatic heterocycles. The second-order valence-electron chi connectivity index (χ2n) is 10.1. The van der Waals surface area contributed by atoms with Gasteiger partial charge in [0.1, 0.15) is 5.75 Å². The zero-order valence-corrected chi connectivity index (χ0v) is 22.9. The number of carbonyl (C=O) groups excluding carboxylic acids is 2. The van der Waals surface area contributed by atoms with Crippen LogP contribution in [0.15, 0.2) is 44.7 Å². The lowest BCUT2D eigenvalue weighted by Crippen LogP contribution is -2.46. The van der Waals surface area contributed by atoms with E-state index < -0.39 is 17.3 Å². The molecular formula is C28H32N6O6. The summed E-state index contributed by atoms with van der Waals surface area (Å²) in [6.07, 6.45) is 0.740. The second kappa shape index (κ2) is 10.2. The molecule has 1 aliphatic rings. The molecule has 1 fully saturated rings. The minimum atomic E-state index is -0.477. The molecule has 2 aromatic heterocycles. The maximum Gasteiger partial charge on any atom is 0.331 e. The summed E-state index contributed by atoms with van der Waals surface area (Å²) in [6.45, 7) is 6.50. The molecule has 0 radical (unpaired) electrons. The molecule has 0 aliphatic carbocycles. The Morgan fingerprint density at radius 3 is 2.15 bits per heavy atom. The van der Waals surface area contributed by atoms with Crippen LogP contribution in [0.1, 0.15) is 50.0 Å². The summed E-state index contributed by atoms with van der Waals surface area (Å²) in [4.78, 5) is 66.7. The molecule has 5 rings (SSSR count). The number of imidazole rings is 1. The Balaban J connectivity index is 1.49. The van der Waals surface area contributed by atoms with Crippen LogP contribution in [0.3, 0.4) is 0 Å². The molecule has 2 N–H and O–H groups in total. The third kappa shape index (κ3) is 4.29. The quantitative estimate of drug-likeness (QED) is 0.391. The minimum Gasteiger partial charge on any atom is -0.508 e. The smallest absolute Gasteiger partial charge is 0.331 e. The Morgan fingerprint density at radius 1 is 0.925 bits per heavy atom. The van der Waals surface area contributed by atoms with Gasteiger partial charge in [-0.15, -0.1) is 0 Å². The Bertz CT molecular complexity index is 1850. The molecule has 1 saturated heterocycles. The topological polar surface area (TPSA) is 141 Å². The van der Waals surface area contributed by atoms with Gasteiger partial charge in [0, 0.05) is 46.2 Å². The molecule has 12 heteroatoms. The molecule has 0 bridgehead atoms. The number of nitrogens with one attached hydrogen (secondary N) is 1. The zero-order chi connectivity index (χ0) is 28.9. The number of phenols is 1. The van der Waals surface area contributed by atoms with E-state index in [2.05, 4.69) is 5.32 Å². The maximum absolute atomic E-state index is 13.8. The molecule has 3 heterocycles.